The molecule has 0 saturated heterocycles. The number of carbonyl (C=O) groups is 1. The van der Waals surface area contributed by atoms with Crippen LogP contribution in [0.1, 0.15) is 33.1 Å². The number of rotatable bonds is 3. The van der Waals surface area contributed by atoms with E-state index in [2.05, 4.69) is 0 Å². The van der Waals surface area contributed by atoms with Crippen LogP contribution < -0.4 is 0 Å². The summed E-state index contributed by atoms with van der Waals surface area (Å²) in [5.74, 6) is 3.62. The summed E-state index contributed by atoms with van der Waals surface area (Å²) in [6.45, 7) is 3.89. The van der Waals surface area contributed by atoms with Gasteiger partial charge in [-0.1, -0.05) is 0 Å². The Bertz CT molecular complexity index is 336. The number of hydrogen-bond donors (Lipinski definition) is 1. The van der Waals surface area contributed by atoms with Crippen molar-refractivity contribution in [2.24, 2.45) is 29.6 Å². The van der Waals surface area contributed by atoms with Gasteiger partial charge < -0.3 is 10.0 Å². The predicted molar refractivity (Wildman–Crippen MR) is 65.2 cm³/mol. The van der Waals surface area contributed by atoms with Crippen LogP contribution in [0.15, 0.2) is 0 Å². The van der Waals surface area contributed by atoms with Gasteiger partial charge in [-0.25, -0.2) is 0 Å². The molecule has 4 atom stereocenters. The second-order valence-corrected chi connectivity index (χ2v) is 6.88. The van der Waals surface area contributed by atoms with E-state index in [9.17, 15) is 9.90 Å². The molecule has 0 heterocycles. The molecule has 3 fully saturated rings. The van der Waals surface area contributed by atoms with Gasteiger partial charge in [-0.15, -0.1) is 0 Å². The number of aliphatic hydroxyl groups is 1. The summed E-state index contributed by atoms with van der Waals surface area (Å²) >= 11 is 0. The fraction of sp³-hybridized carbons (Fsp3) is 0.929. The quantitative estimate of drug-likeness (QED) is 0.808. The molecular formula is C14H23NO2. The summed E-state index contributed by atoms with van der Waals surface area (Å²) in [7, 11) is 1.84. The summed E-state index contributed by atoms with van der Waals surface area (Å²) in [6, 6.07) is 0. The maximum Gasteiger partial charge on any atom is 0.226 e. The summed E-state index contributed by atoms with van der Waals surface area (Å²) in [5, 5.41) is 9.34. The van der Waals surface area contributed by atoms with Crippen LogP contribution >= 0.6 is 0 Å². The number of amides is 1. The molecule has 0 radical (unpaired) electrons. The van der Waals surface area contributed by atoms with Crippen molar-refractivity contribution in [3.05, 3.63) is 0 Å². The maximum absolute atomic E-state index is 12.5. The molecule has 17 heavy (non-hydrogen) atoms. The van der Waals surface area contributed by atoms with E-state index < -0.39 is 5.54 Å². The first-order valence-corrected chi connectivity index (χ1v) is 6.86. The SMILES string of the molecule is CN(C(=O)C1C2C3CCC(C3)C12)C(C)(C)CO. The molecule has 3 rings (SSSR count). The lowest BCUT2D eigenvalue weighted by Crippen LogP contribution is -2.48. The Kier molecular flexibility index (Phi) is 2.35. The van der Waals surface area contributed by atoms with Gasteiger partial charge in [-0.05, 0) is 56.8 Å². The zero-order valence-electron chi connectivity index (χ0n) is 11.0. The number of nitrogens with zero attached hydrogens (tertiary/aromatic N) is 1. The van der Waals surface area contributed by atoms with Gasteiger partial charge in [-0.2, -0.15) is 0 Å². The Morgan fingerprint density at radius 1 is 1.29 bits per heavy atom. The molecule has 96 valence electrons. The van der Waals surface area contributed by atoms with Crippen molar-refractivity contribution in [2.45, 2.75) is 38.6 Å². The summed E-state index contributed by atoms with van der Waals surface area (Å²) in [6.07, 6.45) is 4.08. The van der Waals surface area contributed by atoms with Gasteiger partial charge >= 0.3 is 0 Å². The number of hydrogen-bond acceptors (Lipinski definition) is 2. The summed E-state index contributed by atoms with van der Waals surface area (Å²) < 4.78 is 0. The lowest BCUT2D eigenvalue weighted by Gasteiger charge is -2.34. The fourth-order valence-electron chi connectivity index (χ4n) is 4.28. The smallest absolute Gasteiger partial charge is 0.226 e. The summed E-state index contributed by atoms with van der Waals surface area (Å²) in [5.41, 5.74) is -0.424. The number of aliphatic hydroxyl groups excluding tert-OH is 1. The van der Waals surface area contributed by atoms with Gasteiger partial charge in [0.15, 0.2) is 0 Å². The van der Waals surface area contributed by atoms with Crippen molar-refractivity contribution < 1.29 is 9.90 Å². The van der Waals surface area contributed by atoms with Crippen LogP contribution in [0.5, 0.6) is 0 Å². The average molecular weight is 237 g/mol. The largest absolute Gasteiger partial charge is 0.394 e. The molecule has 0 spiro atoms. The second-order valence-electron chi connectivity index (χ2n) is 6.88. The lowest BCUT2D eigenvalue weighted by molar-refractivity contribution is -0.138. The Morgan fingerprint density at radius 3 is 2.29 bits per heavy atom. The van der Waals surface area contributed by atoms with Crippen molar-refractivity contribution in [3.63, 3.8) is 0 Å². The third-order valence-electron chi connectivity index (χ3n) is 5.65. The van der Waals surface area contributed by atoms with Crippen LogP contribution in [0.2, 0.25) is 0 Å². The van der Waals surface area contributed by atoms with E-state index in [1.54, 1.807) is 4.90 Å². The van der Waals surface area contributed by atoms with Crippen molar-refractivity contribution in [3.8, 4) is 0 Å². The molecule has 3 aliphatic rings. The third-order valence-corrected chi connectivity index (χ3v) is 5.65. The normalized spacial score (nSPS) is 42.5. The van der Waals surface area contributed by atoms with Crippen molar-refractivity contribution >= 4 is 5.91 Å². The van der Waals surface area contributed by atoms with Gasteiger partial charge in [0.2, 0.25) is 5.91 Å². The topological polar surface area (TPSA) is 40.5 Å². The lowest BCUT2D eigenvalue weighted by atomic mass is 9.99. The van der Waals surface area contributed by atoms with E-state index in [0.717, 1.165) is 11.8 Å². The Labute approximate surface area is 103 Å². The summed E-state index contributed by atoms with van der Waals surface area (Å²) in [4.78, 5) is 14.2. The van der Waals surface area contributed by atoms with Gasteiger partial charge in [0.05, 0.1) is 12.1 Å². The first-order chi connectivity index (χ1) is 7.97. The van der Waals surface area contributed by atoms with Gasteiger partial charge in [0.1, 0.15) is 0 Å². The minimum absolute atomic E-state index is 0.0319. The third kappa shape index (κ3) is 1.48. The standard InChI is InChI=1S/C14H23NO2/c1-14(2,7-16)15(3)13(17)12-10-8-4-5-9(6-8)11(10)12/h8-12,16H,4-7H2,1-3H3. The number of likely N-dealkylation sites (N-methyl/N-ethyl adjacent to an activating group) is 1. The van der Waals surface area contributed by atoms with Crippen molar-refractivity contribution in [1.29, 1.82) is 0 Å². The van der Waals surface area contributed by atoms with Crippen LogP contribution in [-0.2, 0) is 4.79 Å². The highest BCUT2D eigenvalue weighted by molar-refractivity contribution is 5.83. The van der Waals surface area contributed by atoms with E-state index in [1.807, 2.05) is 20.9 Å². The number of fused-ring (bicyclic) bond motifs is 5. The molecule has 0 aromatic rings. The van der Waals surface area contributed by atoms with E-state index in [0.29, 0.717) is 11.8 Å². The van der Waals surface area contributed by atoms with Crippen molar-refractivity contribution in [1.82, 2.24) is 4.90 Å². The maximum atomic E-state index is 12.5. The molecule has 3 aliphatic carbocycles. The minimum atomic E-state index is -0.424. The molecule has 2 bridgehead atoms. The van der Waals surface area contributed by atoms with Crippen LogP contribution in [0, 0.1) is 29.6 Å². The highest BCUT2D eigenvalue weighted by Gasteiger charge is 2.68. The zero-order valence-corrected chi connectivity index (χ0v) is 11.0. The van der Waals surface area contributed by atoms with Gasteiger partial charge in [0, 0.05) is 13.0 Å². The van der Waals surface area contributed by atoms with Gasteiger partial charge in [-0.3, -0.25) is 4.79 Å². The fourth-order valence-corrected chi connectivity index (χ4v) is 4.28. The molecule has 1 amide bonds. The molecule has 0 aromatic heterocycles. The van der Waals surface area contributed by atoms with E-state index in [1.165, 1.54) is 19.3 Å². The molecule has 0 aromatic carbocycles. The van der Waals surface area contributed by atoms with E-state index in [4.69, 9.17) is 0 Å². The molecular weight excluding hydrogens is 214 g/mol. The average Bonchev–Trinajstić information content (AvgIpc) is 2.75. The Morgan fingerprint density at radius 2 is 1.82 bits per heavy atom. The first kappa shape index (κ1) is 11.5. The molecule has 3 nitrogen and oxygen atoms in total. The minimum Gasteiger partial charge on any atom is -0.394 e. The highest BCUT2D eigenvalue weighted by Crippen LogP contribution is 2.69. The van der Waals surface area contributed by atoms with Gasteiger partial charge in [0.25, 0.3) is 0 Å². The van der Waals surface area contributed by atoms with Crippen LogP contribution in [-0.4, -0.2) is 35.1 Å². The van der Waals surface area contributed by atoms with E-state index in [-0.39, 0.29) is 18.4 Å². The van der Waals surface area contributed by atoms with E-state index >= 15 is 0 Å². The highest BCUT2D eigenvalue weighted by atomic mass is 16.3. The van der Waals surface area contributed by atoms with Crippen LogP contribution in [0.25, 0.3) is 0 Å². The van der Waals surface area contributed by atoms with Crippen LogP contribution in [0.4, 0.5) is 0 Å². The molecule has 4 unspecified atom stereocenters. The first-order valence-electron chi connectivity index (χ1n) is 6.86. The predicted octanol–water partition coefficient (Wildman–Crippen LogP) is 1.51. The zero-order chi connectivity index (χ0) is 12.4. The Balaban J connectivity index is 1.70. The molecule has 3 saturated carbocycles. The molecule has 0 aliphatic heterocycles. The molecule has 1 N–H and O–H groups in total. The molecule has 3 heteroatoms. The Hall–Kier alpha value is -0.570. The number of carbonyl (C=O) groups excluding carboxylic acids is 1. The van der Waals surface area contributed by atoms with Crippen molar-refractivity contribution in [2.75, 3.05) is 13.7 Å². The van der Waals surface area contributed by atoms with Crippen LogP contribution in [0.3, 0.4) is 0 Å². The second kappa shape index (κ2) is 3.47. The monoisotopic (exact) mass is 237 g/mol.